The van der Waals surface area contributed by atoms with Gasteiger partial charge < -0.3 is 9.80 Å². The Bertz CT molecular complexity index is 872. The lowest BCUT2D eigenvalue weighted by Crippen LogP contribution is -2.49. The van der Waals surface area contributed by atoms with E-state index in [4.69, 9.17) is 0 Å². The van der Waals surface area contributed by atoms with E-state index in [1.165, 1.54) is 0 Å². The highest BCUT2D eigenvalue weighted by Crippen LogP contribution is 2.13. The van der Waals surface area contributed by atoms with Gasteiger partial charge in [-0.25, -0.2) is 14.6 Å². The molecule has 3 heterocycles. The summed E-state index contributed by atoms with van der Waals surface area (Å²) in [6.45, 7) is 2.95. The third kappa shape index (κ3) is 4.13. The molecular formula is C20H22N6O. The molecule has 7 nitrogen and oxygen atoms in total. The molecule has 1 aliphatic heterocycles. The molecule has 7 heteroatoms. The lowest BCUT2D eigenvalue weighted by molar-refractivity contribution is -0.131. The van der Waals surface area contributed by atoms with E-state index in [2.05, 4.69) is 20.0 Å². The Morgan fingerprint density at radius 3 is 2.44 bits per heavy atom. The summed E-state index contributed by atoms with van der Waals surface area (Å²) in [5, 5.41) is 4.39. The number of anilines is 1. The molecule has 1 aliphatic rings. The van der Waals surface area contributed by atoms with Crippen LogP contribution in [0, 0.1) is 0 Å². The lowest BCUT2D eigenvalue weighted by Gasteiger charge is -2.34. The van der Waals surface area contributed by atoms with Crippen molar-refractivity contribution >= 4 is 11.9 Å². The highest BCUT2D eigenvalue weighted by Gasteiger charge is 2.22. The fourth-order valence-corrected chi connectivity index (χ4v) is 3.23. The molecule has 0 radical (unpaired) electrons. The van der Waals surface area contributed by atoms with Crippen LogP contribution in [0.4, 0.5) is 5.95 Å². The van der Waals surface area contributed by atoms with Crippen LogP contribution in [0.1, 0.15) is 12.0 Å². The highest BCUT2D eigenvalue weighted by molar-refractivity contribution is 5.76. The van der Waals surface area contributed by atoms with E-state index in [1.54, 1.807) is 12.4 Å². The molecule has 1 aromatic carbocycles. The minimum absolute atomic E-state index is 0.191. The van der Waals surface area contributed by atoms with Gasteiger partial charge in [-0.15, -0.1) is 0 Å². The van der Waals surface area contributed by atoms with Gasteiger partial charge in [0.25, 0.3) is 0 Å². The van der Waals surface area contributed by atoms with Crippen LogP contribution in [0.15, 0.2) is 61.2 Å². The SMILES string of the molecule is O=C(CCc1cnn(-c2ccccc2)c1)N1CCN(c2ncccn2)CC1. The van der Waals surface area contributed by atoms with Crippen molar-refractivity contribution in [3.63, 3.8) is 0 Å². The molecule has 1 fully saturated rings. The van der Waals surface area contributed by atoms with E-state index in [0.29, 0.717) is 25.9 Å². The number of aryl methyl sites for hydroxylation is 1. The second-order valence-corrected chi connectivity index (χ2v) is 6.55. The quantitative estimate of drug-likeness (QED) is 0.694. The summed E-state index contributed by atoms with van der Waals surface area (Å²) in [4.78, 5) is 25.1. The van der Waals surface area contributed by atoms with Gasteiger partial charge >= 0.3 is 0 Å². The number of hydrogen-bond donors (Lipinski definition) is 0. The van der Waals surface area contributed by atoms with Crippen LogP contribution in [0.5, 0.6) is 0 Å². The predicted octanol–water partition coefficient (Wildman–Crippen LogP) is 1.94. The first-order valence-electron chi connectivity index (χ1n) is 9.18. The second kappa shape index (κ2) is 7.99. The van der Waals surface area contributed by atoms with E-state index in [9.17, 15) is 4.79 Å². The van der Waals surface area contributed by atoms with Gasteiger partial charge in [0, 0.05) is 51.2 Å². The number of hydrogen-bond acceptors (Lipinski definition) is 5. The van der Waals surface area contributed by atoms with Crippen LogP contribution in [-0.4, -0.2) is 56.7 Å². The van der Waals surface area contributed by atoms with Gasteiger partial charge in [-0.2, -0.15) is 5.10 Å². The Kier molecular flexibility index (Phi) is 5.09. The van der Waals surface area contributed by atoms with Gasteiger partial charge in [0.15, 0.2) is 0 Å². The number of nitrogens with zero attached hydrogens (tertiary/aromatic N) is 6. The van der Waals surface area contributed by atoms with Crippen molar-refractivity contribution < 1.29 is 4.79 Å². The Morgan fingerprint density at radius 2 is 1.70 bits per heavy atom. The maximum atomic E-state index is 12.5. The zero-order valence-corrected chi connectivity index (χ0v) is 15.1. The maximum Gasteiger partial charge on any atom is 0.225 e. The molecule has 1 amide bonds. The molecule has 0 saturated carbocycles. The molecule has 0 N–H and O–H groups in total. The molecule has 27 heavy (non-hydrogen) atoms. The zero-order valence-electron chi connectivity index (χ0n) is 15.1. The summed E-state index contributed by atoms with van der Waals surface area (Å²) in [7, 11) is 0. The fourth-order valence-electron chi connectivity index (χ4n) is 3.23. The number of aromatic nitrogens is 4. The van der Waals surface area contributed by atoms with Crippen molar-refractivity contribution in [2.45, 2.75) is 12.8 Å². The average molecular weight is 362 g/mol. The van der Waals surface area contributed by atoms with Crippen molar-refractivity contribution in [3.8, 4) is 5.69 Å². The smallest absolute Gasteiger partial charge is 0.225 e. The fraction of sp³-hybridized carbons (Fsp3) is 0.300. The zero-order chi connectivity index (χ0) is 18.5. The van der Waals surface area contributed by atoms with E-state index in [0.717, 1.165) is 30.3 Å². The summed E-state index contributed by atoms with van der Waals surface area (Å²) in [6, 6.07) is 11.8. The minimum atomic E-state index is 0.191. The number of carbonyl (C=O) groups is 1. The van der Waals surface area contributed by atoms with Gasteiger partial charge in [-0.1, -0.05) is 18.2 Å². The largest absolute Gasteiger partial charge is 0.339 e. The molecule has 4 rings (SSSR count). The number of benzene rings is 1. The molecule has 0 unspecified atom stereocenters. The van der Waals surface area contributed by atoms with Crippen LogP contribution < -0.4 is 4.90 Å². The highest BCUT2D eigenvalue weighted by atomic mass is 16.2. The minimum Gasteiger partial charge on any atom is -0.339 e. The monoisotopic (exact) mass is 362 g/mol. The van der Waals surface area contributed by atoms with Crippen LogP contribution in [0.25, 0.3) is 5.69 Å². The van der Waals surface area contributed by atoms with E-state index >= 15 is 0 Å². The first kappa shape index (κ1) is 17.2. The van der Waals surface area contributed by atoms with Crippen molar-refractivity contribution in [3.05, 3.63) is 66.7 Å². The lowest BCUT2D eigenvalue weighted by atomic mass is 10.1. The first-order chi connectivity index (χ1) is 13.3. The molecule has 0 atom stereocenters. The molecule has 0 spiro atoms. The van der Waals surface area contributed by atoms with Crippen molar-refractivity contribution in [1.82, 2.24) is 24.6 Å². The van der Waals surface area contributed by atoms with Gasteiger partial charge in [0.1, 0.15) is 0 Å². The number of rotatable bonds is 5. The van der Waals surface area contributed by atoms with Crippen molar-refractivity contribution in [2.75, 3.05) is 31.1 Å². The van der Waals surface area contributed by atoms with Crippen LogP contribution in [0.2, 0.25) is 0 Å². The van der Waals surface area contributed by atoms with Gasteiger partial charge in [-0.3, -0.25) is 4.79 Å². The Balaban J connectivity index is 1.27. The normalized spacial score (nSPS) is 14.4. The van der Waals surface area contributed by atoms with Crippen molar-refractivity contribution in [1.29, 1.82) is 0 Å². The number of piperazine rings is 1. The van der Waals surface area contributed by atoms with Crippen molar-refractivity contribution in [2.24, 2.45) is 0 Å². The van der Waals surface area contributed by atoms with Crippen LogP contribution >= 0.6 is 0 Å². The standard InChI is InChI=1S/C20H22N6O/c27-19(24-11-13-25(14-12-24)20-21-9-4-10-22-20)8-7-17-15-23-26(16-17)18-5-2-1-3-6-18/h1-6,9-10,15-16H,7-8,11-14H2. The summed E-state index contributed by atoms with van der Waals surface area (Å²) < 4.78 is 1.85. The van der Waals surface area contributed by atoms with Crippen LogP contribution in [-0.2, 0) is 11.2 Å². The Hall–Kier alpha value is -3.22. The molecule has 1 saturated heterocycles. The average Bonchev–Trinajstić information content (AvgIpc) is 3.22. The third-order valence-corrected chi connectivity index (χ3v) is 4.75. The van der Waals surface area contributed by atoms with Crippen LogP contribution in [0.3, 0.4) is 0 Å². The summed E-state index contributed by atoms with van der Waals surface area (Å²) >= 11 is 0. The molecule has 3 aromatic rings. The molecular weight excluding hydrogens is 340 g/mol. The molecule has 0 aliphatic carbocycles. The second-order valence-electron chi connectivity index (χ2n) is 6.55. The molecule has 2 aromatic heterocycles. The predicted molar refractivity (Wildman–Crippen MR) is 103 cm³/mol. The Labute approximate surface area is 158 Å². The van der Waals surface area contributed by atoms with Gasteiger partial charge in [0.2, 0.25) is 11.9 Å². The Morgan fingerprint density at radius 1 is 0.963 bits per heavy atom. The topological polar surface area (TPSA) is 67.2 Å². The first-order valence-corrected chi connectivity index (χ1v) is 9.18. The van der Waals surface area contributed by atoms with E-state index < -0.39 is 0 Å². The summed E-state index contributed by atoms with van der Waals surface area (Å²) in [5.41, 5.74) is 2.10. The maximum absolute atomic E-state index is 12.5. The summed E-state index contributed by atoms with van der Waals surface area (Å²) in [5.74, 6) is 0.925. The van der Waals surface area contributed by atoms with Gasteiger partial charge in [-0.05, 0) is 30.2 Å². The molecule has 0 bridgehead atoms. The third-order valence-electron chi connectivity index (χ3n) is 4.75. The molecule has 138 valence electrons. The summed E-state index contributed by atoms with van der Waals surface area (Å²) in [6.07, 6.45) is 8.53. The van der Waals surface area contributed by atoms with E-state index in [1.807, 2.05) is 58.4 Å². The van der Waals surface area contributed by atoms with Gasteiger partial charge in [0.05, 0.1) is 11.9 Å². The number of amides is 1. The number of para-hydroxylation sites is 1. The van der Waals surface area contributed by atoms with E-state index in [-0.39, 0.29) is 5.91 Å². The number of carbonyl (C=O) groups excluding carboxylic acids is 1.